The lowest BCUT2D eigenvalue weighted by atomic mass is 10.3. The summed E-state index contributed by atoms with van der Waals surface area (Å²) < 4.78 is 32.9. The number of rotatable bonds is 5. The number of sulfonamides is 1. The average Bonchev–Trinajstić information content (AvgIpc) is 2.43. The number of nitrogens with two attached hydrogens (primary N) is 1. The number of nitrogens with one attached hydrogen (secondary N) is 1. The number of halogens is 1. The van der Waals surface area contributed by atoms with Crippen molar-refractivity contribution in [3.05, 3.63) is 41.0 Å². The molecule has 8 heteroatoms. The predicted molar refractivity (Wildman–Crippen MR) is 84.8 cm³/mol. The lowest BCUT2D eigenvalue weighted by molar-refractivity contribution is 0.340. The number of nitrogens with zero attached hydrogens (tertiary/aromatic N) is 1. The van der Waals surface area contributed by atoms with Crippen molar-refractivity contribution in [2.75, 3.05) is 17.1 Å². The zero-order chi connectivity index (χ0) is 15.5. The summed E-state index contributed by atoms with van der Waals surface area (Å²) in [7, 11) is -3.80. The molecular formula is C13H14BrN3O3S. The first-order chi connectivity index (χ1) is 9.92. The van der Waals surface area contributed by atoms with Gasteiger partial charge in [0.1, 0.15) is 16.5 Å². The Bertz CT molecular complexity index is 733. The Morgan fingerprint density at radius 3 is 2.62 bits per heavy atom. The third-order valence-electron chi connectivity index (χ3n) is 2.56. The van der Waals surface area contributed by atoms with E-state index in [9.17, 15) is 8.42 Å². The zero-order valence-electron chi connectivity index (χ0n) is 11.2. The molecule has 0 saturated carbocycles. The van der Waals surface area contributed by atoms with E-state index in [1.54, 1.807) is 24.3 Å². The second kappa shape index (κ2) is 6.31. The molecule has 1 heterocycles. The molecule has 6 nitrogen and oxygen atoms in total. The predicted octanol–water partition coefficient (Wildman–Crippen LogP) is 2.63. The molecule has 0 fully saturated rings. The first-order valence-corrected chi connectivity index (χ1v) is 8.36. The number of hydrogen-bond acceptors (Lipinski definition) is 5. The van der Waals surface area contributed by atoms with E-state index in [0.29, 0.717) is 22.5 Å². The molecule has 0 unspecified atom stereocenters. The van der Waals surface area contributed by atoms with E-state index in [0.717, 1.165) is 0 Å². The Morgan fingerprint density at radius 1 is 1.33 bits per heavy atom. The average molecular weight is 372 g/mol. The third kappa shape index (κ3) is 3.85. The second-order valence-electron chi connectivity index (χ2n) is 4.10. The van der Waals surface area contributed by atoms with Crippen molar-refractivity contribution in [2.24, 2.45) is 0 Å². The monoisotopic (exact) mass is 371 g/mol. The number of aromatic nitrogens is 1. The van der Waals surface area contributed by atoms with Crippen molar-refractivity contribution in [3.8, 4) is 5.75 Å². The molecule has 1 aromatic carbocycles. The molecule has 112 valence electrons. The van der Waals surface area contributed by atoms with Crippen LogP contribution in [0.2, 0.25) is 0 Å². The topological polar surface area (TPSA) is 94.3 Å². The van der Waals surface area contributed by atoms with E-state index in [4.69, 9.17) is 10.5 Å². The smallest absolute Gasteiger partial charge is 0.265 e. The Balaban J connectivity index is 2.26. The fourth-order valence-corrected chi connectivity index (χ4v) is 3.29. The van der Waals surface area contributed by atoms with Crippen LogP contribution in [0.3, 0.4) is 0 Å². The van der Waals surface area contributed by atoms with Crippen molar-refractivity contribution in [1.82, 2.24) is 4.98 Å². The quantitative estimate of drug-likeness (QED) is 0.842. The summed E-state index contributed by atoms with van der Waals surface area (Å²) in [5, 5.41) is 0. The van der Waals surface area contributed by atoms with Gasteiger partial charge >= 0.3 is 0 Å². The molecule has 0 aliphatic rings. The van der Waals surface area contributed by atoms with Crippen LogP contribution in [0.1, 0.15) is 6.92 Å². The fourth-order valence-electron chi connectivity index (χ4n) is 1.64. The largest absolute Gasteiger partial charge is 0.494 e. The van der Waals surface area contributed by atoms with Gasteiger partial charge in [0, 0.05) is 16.4 Å². The maximum absolute atomic E-state index is 12.3. The van der Waals surface area contributed by atoms with Crippen LogP contribution in [0.25, 0.3) is 0 Å². The summed E-state index contributed by atoms with van der Waals surface area (Å²) in [6.45, 7) is 2.42. The summed E-state index contributed by atoms with van der Waals surface area (Å²) in [5.74, 6) is 0.612. The van der Waals surface area contributed by atoms with Gasteiger partial charge in [0.05, 0.1) is 6.61 Å². The molecule has 21 heavy (non-hydrogen) atoms. The van der Waals surface area contributed by atoms with Crippen molar-refractivity contribution in [1.29, 1.82) is 0 Å². The minimum Gasteiger partial charge on any atom is -0.494 e. The maximum Gasteiger partial charge on any atom is 0.265 e. The minimum atomic E-state index is -3.80. The molecule has 0 aliphatic carbocycles. The van der Waals surface area contributed by atoms with Crippen molar-refractivity contribution < 1.29 is 13.2 Å². The molecule has 0 saturated heterocycles. The molecule has 0 spiro atoms. The number of hydrogen-bond donors (Lipinski definition) is 2. The molecule has 0 radical (unpaired) electrons. The lowest BCUT2D eigenvalue weighted by Gasteiger charge is -2.10. The van der Waals surface area contributed by atoms with Gasteiger partial charge in [0.2, 0.25) is 0 Å². The Hall–Kier alpha value is -1.80. The van der Waals surface area contributed by atoms with Gasteiger partial charge in [0.25, 0.3) is 10.0 Å². The second-order valence-corrected chi connectivity index (χ2v) is 6.67. The molecule has 1 aromatic heterocycles. The maximum atomic E-state index is 12.3. The van der Waals surface area contributed by atoms with E-state index in [-0.39, 0.29) is 10.7 Å². The zero-order valence-corrected chi connectivity index (χ0v) is 13.6. The Labute approximate surface area is 131 Å². The van der Waals surface area contributed by atoms with Crippen molar-refractivity contribution >= 4 is 37.5 Å². The van der Waals surface area contributed by atoms with Crippen molar-refractivity contribution in [2.45, 2.75) is 11.8 Å². The molecule has 2 rings (SSSR count). The van der Waals surface area contributed by atoms with Crippen LogP contribution in [-0.4, -0.2) is 20.0 Å². The van der Waals surface area contributed by atoms with Crippen LogP contribution in [-0.2, 0) is 10.0 Å². The normalized spacial score (nSPS) is 11.1. The standard InChI is InChI=1S/C13H14BrN3O3S/c1-2-20-11-5-3-10(4-6-11)17-21(18,19)12-7-9(14)8-16-13(12)15/h3-8,17H,2H2,1H3,(H2,15,16). The summed E-state index contributed by atoms with van der Waals surface area (Å²) in [6, 6.07) is 8.00. The molecule has 2 aromatic rings. The number of pyridine rings is 1. The summed E-state index contributed by atoms with van der Waals surface area (Å²) in [5.41, 5.74) is 6.04. The first kappa shape index (κ1) is 15.6. The first-order valence-electron chi connectivity index (χ1n) is 6.09. The Morgan fingerprint density at radius 2 is 2.00 bits per heavy atom. The summed E-state index contributed by atoms with van der Waals surface area (Å²) in [4.78, 5) is 3.74. The summed E-state index contributed by atoms with van der Waals surface area (Å²) >= 11 is 3.17. The van der Waals surface area contributed by atoms with Gasteiger partial charge in [-0.3, -0.25) is 4.72 Å². The minimum absolute atomic E-state index is 0.0587. The van der Waals surface area contributed by atoms with E-state index in [1.165, 1.54) is 12.3 Å². The number of benzene rings is 1. The molecule has 0 amide bonds. The Kier molecular flexibility index (Phi) is 4.69. The summed E-state index contributed by atoms with van der Waals surface area (Å²) in [6.07, 6.45) is 1.44. The fraction of sp³-hybridized carbons (Fsp3) is 0.154. The lowest BCUT2D eigenvalue weighted by Crippen LogP contribution is -2.15. The SMILES string of the molecule is CCOc1ccc(NS(=O)(=O)c2cc(Br)cnc2N)cc1. The third-order valence-corrected chi connectivity index (χ3v) is 4.40. The van der Waals surface area contributed by atoms with Crippen LogP contribution in [0, 0.1) is 0 Å². The van der Waals surface area contributed by atoms with Crippen LogP contribution in [0.4, 0.5) is 11.5 Å². The number of ether oxygens (including phenoxy) is 1. The van der Waals surface area contributed by atoms with Gasteiger partial charge in [0.15, 0.2) is 0 Å². The van der Waals surface area contributed by atoms with E-state index < -0.39 is 10.0 Å². The van der Waals surface area contributed by atoms with Crippen LogP contribution in [0.5, 0.6) is 5.75 Å². The molecular weight excluding hydrogens is 358 g/mol. The highest BCUT2D eigenvalue weighted by molar-refractivity contribution is 9.10. The van der Waals surface area contributed by atoms with E-state index in [2.05, 4.69) is 25.6 Å². The molecule has 3 N–H and O–H groups in total. The van der Waals surface area contributed by atoms with Gasteiger partial charge in [-0.15, -0.1) is 0 Å². The molecule has 0 bridgehead atoms. The van der Waals surface area contributed by atoms with Gasteiger partial charge in [-0.1, -0.05) is 0 Å². The highest BCUT2D eigenvalue weighted by Crippen LogP contribution is 2.24. The molecule has 0 aliphatic heterocycles. The van der Waals surface area contributed by atoms with Crippen LogP contribution < -0.4 is 15.2 Å². The van der Waals surface area contributed by atoms with Gasteiger partial charge < -0.3 is 10.5 Å². The van der Waals surface area contributed by atoms with E-state index >= 15 is 0 Å². The highest BCUT2D eigenvalue weighted by Gasteiger charge is 2.19. The van der Waals surface area contributed by atoms with E-state index in [1.807, 2.05) is 6.92 Å². The van der Waals surface area contributed by atoms with Crippen LogP contribution in [0.15, 0.2) is 45.9 Å². The van der Waals surface area contributed by atoms with Crippen LogP contribution >= 0.6 is 15.9 Å². The van der Waals surface area contributed by atoms with Crippen molar-refractivity contribution in [3.63, 3.8) is 0 Å². The molecule has 0 atom stereocenters. The van der Waals surface area contributed by atoms with Gasteiger partial charge in [-0.25, -0.2) is 13.4 Å². The van der Waals surface area contributed by atoms with Gasteiger partial charge in [-0.05, 0) is 53.2 Å². The number of nitrogen functional groups attached to an aromatic ring is 1. The van der Waals surface area contributed by atoms with Gasteiger partial charge in [-0.2, -0.15) is 0 Å². The number of anilines is 2. The highest BCUT2D eigenvalue weighted by atomic mass is 79.9.